The minimum Gasteiger partial charge on any atom is -0.328 e. The molecule has 0 unspecified atom stereocenters. The summed E-state index contributed by atoms with van der Waals surface area (Å²) >= 11 is 0. The Morgan fingerprint density at radius 2 is 1.94 bits per heavy atom. The summed E-state index contributed by atoms with van der Waals surface area (Å²) in [5.74, 6) is -0.817. The molecule has 2 heterocycles. The second kappa shape index (κ2) is 4.60. The fraction of sp³-hybridized carbons (Fsp3) is 0.700. The van der Waals surface area contributed by atoms with Crippen molar-refractivity contribution in [3.05, 3.63) is 11.6 Å². The molecule has 0 amide bonds. The zero-order valence-electron chi connectivity index (χ0n) is 10.4. The van der Waals surface area contributed by atoms with Crippen molar-refractivity contribution in [1.29, 1.82) is 0 Å². The highest BCUT2D eigenvalue weighted by Crippen LogP contribution is 2.24. The third kappa shape index (κ3) is 2.15. The normalized spacial score (nSPS) is 19.3. The Hall–Kier alpha value is -0.990. The lowest BCUT2D eigenvalue weighted by Crippen LogP contribution is -2.43. The summed E-state index contributed by atoms with van der Waals surface area (Å²) in [6.07, 6.45) is 1.19. The standard InChI is InChI=1S/C10H17FN4O2S/c1-7-9(10(11)14(2)13-7)18(16,17)15-5-3-8(12)4-6-15/h8H,3-6,12H2,1-2H3. The molecule has 1 aromatic rings. The lowest BCUT2D eigenvalue weighted by Gasteiger charge is -2.29. The molecule has 0 aromatic carbocycles. The van der Waals surface area contributed by atoms with E-state index in [1.807, 2.05) is 0 Å². The fourth-order valence-corrected chi connectivity index (χ4v) is 3.86. The van der Waals surface area contributed by atoms with Gasteiger partial charge in [-0.2, -0.15) is 13.8 Å². The molecule has 0 atom stereocenters. The van der Waals surface area contributed by atoms with E-state index in [0.717, 1.165) is 4.68 Å². The van der Waals surface area contributed by atoms with Crippen LogP contribution in [0.1, 0.15) is 18.5 Å². The molecule has 1 aliphatic rings. The lowest BCUT2D eigenvalue weighted by molar-refractivity contribution is 0.318. The van der Waals surface area contributed by atoms with E-state index < -0.39 is 16.0 Å². The van der Waals surface area contributed by atoms with Gasteiger partial charge in [0.05, 0.1) is 5.69 Å². The Bertz CT molecular complexity index is 546. The quantitative estimate of drug-likeness (QED) is 0.823. The Labute approximate surface area is 106 Å². The smallest absolute Gasteiger partial charge is 0.249 e. The van der Waals surface area contributed by atoms with E-state index in [1.165, 1.54) is 18.3 Å². The van der Waals surface area contributed by atoms with Crippen LogP contribution < -0.4 is 5.73 Å². The molecule has 0 saturated carbocycles. The second-order valence-electron chi connectivity index (χ2n) is 4.57. The van der Waals surface area contributed by atoms with Crippen molar-refractivity contribution in [2.75, 3.05) is 13.1 Å². The van der Waals surface area contributed by atoms with E-state index in [2.05, 4.69) is 5.10 Å². The van der Waals surface area contributed by atoms with Crippen LogP contribution in [0.15, 0.2) is 4.90 Å². The summed E-state index contributed by atoms with van der Waals surface area (Å²) in [6.45, 7) is 2.15. The second-order valence-corrected chi connectivity index (χ2v) is 6.45. The molecule has 1 fully saturated rings. The van der Waals surface area contributed by atoms with Crippen molar-refractivity contribution < 1.29 is 12.8 Å². The van der Waals surface area contributed by atoms with Crippen molar-refractivity contribution in [2.45, 2.75) is 30.7 Å². The number of hydrogen-bond donors (Lipinski definition) is 1. The number of sulfonamides is 1. The monoisotopic (exact) mass is 276 g/mol. The number of piperidine rings is 1. The maximum Gasteiger partial charge on any atom is 0.249 e. The van der Waals surface area contributed by atoms with Crippen LogP contribution in [0.3, 0.4) is 0 Å². The largest absolute Gasteiger partial charge is 0.328 e. The number of aryl methyl sites for hydroxylation is 2. The summed E-state index contributed by atoms with van der Waals surface area (Å²) in [5, 5.41) is 3.80. The summed E-state index contributed by atoms with van der Waals surface area (Å²) in [5.41, 5.74) is 5.92. The van der Waals surface area contributed by atoms with Crippen LogP contribution in [-0.4, -0.2) is 41.6 Å². The zero-order chi connectivity index (χ0) is 13.5. The van der Waals surface area contributed by atoms with Crippen LogP contribution in [0.25, 0.3) is 0 Å². The molecule has 8 heteroatoms. The average Bonchev–Trinajstić information content (AvgIpc) is 2.54. The van der Waals surface area contributed by atoms with Crippen LogP contribution >= 0.6 is 0 Å². The van der Waals surface area contributed by atoms with Crippen LogP contribution in [0.5, 0.6) is 0 Å². The molecule has 1 aromatic heterocycles. The molecular formula is C10H17FN4O2S. The highest BCUT2D eigenvalue weighted by atomic mass is 32.2. The Balaban J connectivity index is 2.37. The Kier molecular flexibility index (Phi) is 3.43. The molecule has 0 radical (unpaired) electrons. The van der Waals surface area contributed by atoms with Crippen LogP contribution in [0.4, 0.5) is 4.39 Å². The van der Waals surface area contributed by atoms with Crippen molar-refractivity contribution in [1.82, 2.24) is 14.1 Å². The van der Waals surface area contributed by atoms with E-state index in [1.54, 1.807) is 0 Å². The molecule has 0 aliphatic carbocycles. The third-order valence-corrected chi connectivity index (χ3v) is 5.22. The van der Waals surface area contributed by atoms with E-state index in [9.17, 15) is 12.8 Å². The van der Waals surface area contributed by atoms with Gasteiger partial charge in [0.1, 0.15) is 0 Å². The van der Waals surface area contributed by atoms with Gasteiger partial charge in [0.15, 0.2) is 4.90 Å². The van der Waals surface area contributed by atoms with Gasteiger partial charge in [-0.25, -0.2) is 13.1 Å². The maximum absolute atomic E-state index is 13.8. The molecule has 2 rings (SSSR count). The topological polar surface area (TPSA) is 81.2 Å². The molecule has 18 heavy (non-hydrogen) atoms. The van der Waals surface area contributed by atoms with E-state index in [4.69, 9.17) is 5.73 Å². The number of nitrogens with zero attached hydrogens (tertiary/aromatic N) is 3. The summed E-state index contributed by atoms with van der Waals surface area (Å²) in [7, 11) is -2.42. The Morgan fingerprint density at radius 1 is 1.39 bits per heavy atom. The fourth-order valence-electron chi connectivity index (χ4n) is 2.15. The number of rotatable bonds is 2. The van der Waals surface area contributed by atoms with Crippen molar-refractivity contribution in [3.63, 3.8) is 0 Å². The van der Waals surface area contributed by atoms with Crippen LogP contribution in [-0.2, 0) is 17.1 Å². The van der Waals surface area contributed by atoms with Gasteiger partial charge in [-0.1, -0.05) is 0 Å². The molecule has 1 aliphatic heterocycles. The maximum atomic E-state index is 13.8. The van der Waals surface area contributed by atoms with Gasteiger partial charge in [-0.15, -0.1) is 0 Å². The first-order valence-corrected chi connectivity index (χ1v) is 7.23. The van der Waals surface area contributed by atoms with Crippen molar-refractivity contribution in [3.8, 4) is 0 Å². The van der Waals surface area contributed by atoms with Crippen molar-refractivity contribution in [2.24, 2.45) is 12.8 Å². The predicted octanol–water partition coefficient (Wildman–Crippen LogP) is -0.0206. The van der Waals surface area contributed by atoms with E-state index in [-0.39, 0.29) is 16.6 Å². The molecule has 0 spiro atoms. The van der Waals surface area contributed by atoms with Crippen molar-refractivity contribution >= 4 is 10.0 Å². The molecule has 0 bridgehead atoms. The minimum absolute atomic E-state index is 0.0243. The van der Waals surface area contributed by atoms with Gasteiger partial charge in [-0.05, 0) is 19.8 Å². The first kappa shape index (κ1) is 13.4. The van der Waals surface area contributed by atoms with Gasteiger partial charge in [0, 0.05) is 26.2 Å². The SMILES string of the molecule is Cc1nn(C)c(F)c1S(=O)(=O)N1CCC(N)CC1. The molecular weight excluding hydrogens is 259 g/mol. The summed E-state index contributed by atoms with van der Waals surface area (Å²) in [4.78, 5) is -0.319. The molecule has 102 valence electrons. The van der Waals surface area contributed by atoms with Gasteiger partial charge in [-0.3, -0.25) is 0 Å². The average molecular weight is 276 g/mol. The van der Waals surface area contributed by atoms with E-state index in [0.29, 0.717) is 25.9 Å². The first-order chi connectivity index (χ1) is 8.34. The predicted molar refractivity (Wildman–Crippen MR) is 63.9 cm³/mol. The van der Waals surface area contributed by atoms with Gasteiger partial charge >= 0.3 is 0 Å². The Morgan fingerprint density at radius 3 is 2.39 bits per heavy atom. The van der Waals surface area contributed by atoms with Gasteiger partial charge < -0.3 is 5.73 Å². The number of aromatic nitrogens is 2. The molecule has 6 nitrogen and oxygen atoms in total. The zero-order valence-corrected chi connectivity index (χ0v) is 11.2. The number of nitrogens with two attached hydrogens (primary N) is 1. The molecule has 2 N–H and O–H groups in total. The van der Waals surface area contributed by atoms with Crippen LogP contribution in [0, 0.1) is 12.9 Å². The summed E-state index contributed by atoms with van der Waals surface area (Å²) in [6, 6.07) is 0.0243. The van der Waals surface area contributed by atoms with Gasteiger partial charge in [0.25, 0.3) is 0 Å². The molecule has 1 saturated heterocycles. The third-order valence-electron chi connectivity index (χ3n) is 3.20. The lowest BCUT2D eigenvalue weighted by atomic mass is 10.1. The highest BCUT2D eigenvalue weighted by molar-refractivity contribution is 7.89. The number of halogens is 1. The summed E-state index contributed by atoms with van der Waals surface area (Å²) < 4.78 is 40.7. The minimum atomic E-state index is -3.81. The van der Waals surface area contributed by atoms with Gasteiger partial charge in [0.2, 0.25) is 16.0 Å². The highest BCUT2D eigenvalue weighted by Gasteiger charge is 2.34. The van der Waals surface area contributed by atoms with E-state index >= 15 is 0 Å². The first-order valence-electron chi connectivity index (χ1n) is 5.79. The number of hydrogen-bond acceptors (Lipinski definition) is 4. The van der Waals surface area contributed by atoms with Crippen LogP contribution in [0.2, 0.25) is 0 Å².